The molecule has 196 valence electrons. The Labute approximate surface area is 234 Å². The molecule has 5 aromatic rings. The number of para-hydroxylation sites is 3. The minimum absolute atomic E-state index is 0.158. The summed E-state index contributed by atoms with van der Waals surface area (Å²) < 4.78 is 6.34. The van der Waals surface area contributed by atoms with Crippen molar-refractivity contribution in [3.63, 3.8) is 0 Å². The summed E-state index contributed by atoms with van der Waals surface area (Å²) in [5.74, 6) is 0.976. The molecule has 0 saturated carbocycles. The molecule has 6 rings (SSSR count). The van der Waals surface area contributed by atoms with Crippen LogP contribution in [0.2, 0.25) is 0 Å². The van der Waals surface area contributed by atoms with Gasteiger partial charge in [-0.1, -0.05) is 103 Å². The van der Waals surface area contributed by atoms with Gasteiger partial charge in [0, 0.05) is 23.5 Å². The summed E-state index contributed by atoms with van der Waals surface area (Å²) in [6.45, 7) is 0.580. The number of nitrogens with zero attached hydrogens (tertiary/aromatic N) is 5. The second kappa shape index (κ2) is 12.1. The van der Waals surface area contributed by atoms with E-state index in [2.05, 4.69) is 35.2 Å². The molecule has 1 aliphatic rings. The van der Waals surface area contributed by atoms with Crippen molar-refractivity contribution in [2.45, 2.75) is 19.1 Å². The third-order valence-corrected chi connectivity index (χ3v) is 6.51. The molecule has 1 heterocycles. The summed E-state index contributed by atoms with van der Waals surface area (Å²) in [5.41, 5.74) is 3.98. The van der Waals surface area contributed by atoms with Crippen molar-refractivity contribution in [2.75, 3.05) is 9.80 Å². The zero-order valence-corrected chi connectivity index (χ0v) is 22.0. The van der Waals surface area contributed by atoms with E-state index in [-0.39, 0.29) is 12.1 Å². The van der Waals surface area contributed by atoms with Crippen LogP contribution in [0.3, 0.4) is 0 Å². The van der Waals surface area contributed by atoms with Crippen molar-refractivity contribution in [3.05, 3.63) is 151 Å². The fourth-order valence-corrected chi connectivity index (χ4v) is 4.58. The lowest BCUT2D eigenvalue weighted by Gasteiger charge is -2.27. The van der Waals surface area contributed by atoms with E-state index in [9.17, 15) is 0 Å². The van der Waals surface area contributed by atoms with Gasteiger partial charge in [-0.3, -0.25) is 4.90 Å². The summed E-state index contributed by atoms with van der Waals surface area (Å²) in [6, 6.07) is 41.0. The highest BCUT2D eigenvalue weighted by molar-refractivity contribution is 5.73. The molecule has 0 radical (unpaired) electrons. The van der Waals surface area contributed by atoms with E-state index in [0.29, 0.717) is 18.4 Å². The molecule has 1 aromatic heterocycles. The van der Waals surface area contributed by atoms with Crippen LogP contribution in [0.5, 0.6) is 6.01 Å². The fraction of sp³-hybridized carbons (Fsp3) is 0.0882. The minimum Gasteiger partial charge on any atom is -0.455 e. The molecule has 6 nitrogen and oxygen atoms in total. The van der Waals surface area contributed by atoms with Gasteiger partial charge in [-0.15, -0.1) is 0 Å². The topological polar surface area (TPSA) is 54.4 Å². The summed E-state index contributed by atoms with van der Waals surface area (Å²) >= 11 is 0. The first-order chi connectivity index (χ1) is 19.8. The lowest BCUT2D eigenvalue weighted by Crippen LogP contribution is -2.23. The molecule has 0 saturated heterocycles. The van der Waals surface area contributed by atoms with Crippen LogP contribution < -0.4 is 14.5 Å². The molecule has 1 aliphatic carbocycles. The van der Waals surface area contributed by atoms with Gasteiger partial charge in [0.25, 0.3) is 0 Å². The summed E-state index contributed by atoms with van der Waals surface area (Å²) in [6.07, 6.45) is 8.71. The maximum Gasteiger partial charge on any atom is 0.323 e. The van der Waals surface area contributed by atoms with Crippen LogP contribution in [-0.2, 0) is 6.54 Å². The van der Waals surface area contributed by atoms with E-state index >= 15 is 0 Å². The first-order valence-corrected chi connectivity index (χ1v) is 13.4. The zero-order valence-electron chi connectivity index (χ0n) is 22.0. The lowest BCUT2D eigenvalue weighted by molar-refractivity contribution is 0.231. The van der Waals surface area contributed by atoms with Gasteiger partial charge in [0.1, 0.15) is 6.10 Å². The first kappa shape index (κ1) is 25.1. The number of hydrogen-bond acceptors (Lipinski definition) is 6. The van der Waals surface area contributed by atoms with Crippen molar-refractivity contribution in [3.8, 4) is 6.01 Å². The fourth-order valence-electron chi connectivity index (χ4n) is 4.58. The van der Waals surface area contributed by atoms with Gasteiger partial charge in [0.2, 0.25) is 11.9 Å². The number of anilines is 5. The van der Waals surface area contributed by atoms with E-state index < -0.39 is 0 Å². The van der Waals surface area contributed by atoms with Crippen LogP contribution in [0.4, 0.5) is 29.0 Å². The van der Waals surface area contributed by atoms with Crippen LogP contribution in [-0.4, -0.2) is 21.1 Å². The zero-order chi connectivity index (χ0) is 27.0. The molecule has 1 atom stereocenters. The average molecular weight is 524 g/mol. The SMILES string of the molecule is C1=CCC(Oc2nc(N(Cc3ccccc3)c3ccccc3)nc(N(c3ccccc3)c3ccccc3)n2)C=C1. The lowest BCUT2D eigenvalue weighted by atomic mass is 10.1. The Kier molecular flexibility index (Phi) is 7.58. The van der Waals surface area contributed by atoms with Gasteiger partial charge < -0.3 is 9.64 Å². The van der Waals surface area contributed by atoms with E-state index in [1.807, 2.05) is 120 Å². The Bertz CT molecular complexity index is 1540. The van der Waals surface area contributed by atoms with Crippen LogP contribution >= 0.6 is 0 Å². The standard InChI is InChI=1S/C34H29N5O/c1-6-16-27(17-7-1)26-38(28-18-8-2-9-19-28)32-35-33(37-34(36-32)40-31-24-14-5-15-25-31)39(29-20-10-3-11-21-29)30-22-12-4-13-23-30/h1-24,31H,25-26H2. The number of benzene rings is 4. The Hall–Kier alpha value is -5.23. The molecule has 0 bridgehead atoms. The highest BCUT2D eigenvalue weighted by atomic mass is 16.5. The van der Waals surface area contributed by atoms with E-state index in [1.165, 1.54) is 0 Å². The van der Waals surface area contributed by atoms with Gasteiger partial charge in [0.05, 0.1) is 6.54 Å². The number of hydrogen-bond donors (Lipinski definition) is 0. The molecular formula is C34H29N5O. The minimum atomic E-state index is -0.158. The van der Waals surface area contributed by atoms with Gasteiger partial charge in [-0.2, -0.15) is 15.0 Å². The van der Waals surface area contributed by atoms with Gasteiger partial charge in [-0.25, -0.2) is 0 Å². The largest absolute Gasteiger partial charge is 0.455 e. The number of rotatable bonds is 9. The highest BCUT2D eigenvalue weighted by Gasteiger charge is 2.23. The van der Waals surface area contributed by atoms with E-state index in [1.54, 1.807) is 0 Å². The molecule has 1 unspecified atom stereocenters. The summed E-state index contributed by atoms with van der Waals surface area (Å²) in [4.78, 5) is 18.9. The summed E-state index contributed by atoms with van der Waals surface area (Å²) in [7, 11) is 0. The van der Waals surface area contributed by atoms with Crippen molar-refractivity contribution in [1.82, 2.24) is 15.0 Å². The smallest absolute Gasteiger partial charge is 0.323 e. The van der Waals surface area contributed by atoms with Crippen molar-refractivity contribution in [1.29, 1.82) is 0 Å². The van der Waals surface area contributed by atoms with Crippen molar-refractivity contribution >= 4 is 29.0 Å². The van der Waals surface area contributed by atoms with Crippen LogP contribution in [0, 0.1) is 0 Å². The molecule has 0 fully saturated rings. The average Bonchev–Trinajstić information content (AvgIpc) is 3.02. The van der Waals surface area contributed by atoms with Crippen molar-refractivity contribution < 1.29 is 4.74 Å². The highest BCUT2D eigenvalue weighted by Crippen LogP contribution is 2.35. The molecule has 0 aliphatic heterocycles. The van der Waals surface area contributed by atoms with Crippen LogP contribution in [0.25, 0.3) is 0 Å². The predicted octanol–water partition coefficient (Wildman–Crippen LogP) is 7.94. The van der Waals surface area contributed by atoms with Crippen LogP contribution in [0.1, 0.15) is 12.0 Å². The Morgan fingerprint density at radius 1 is 0.600 bits per heavy atom. The number of allylic oxidation sites excluding steroid dienone is 2. The third-order valence-electron chi connectivity index (χ3n) is 6.51. The Balaban J connectivity index is 1.50. The number of aromatic nitrogens is 3. The second-order valence-corrected chi connectivity index (χ2v) is 9.34. The second-order valence-electron chi connectivity index (χ2n) is 9.34. The molecule has 6 heteroatoms. The maximum atomic E-state index is 6.34. The molecule has 0 N–H and O–H groups in total. The van der Waals surface area contributed by atoms with Gasteiger partial charge in [-0.05, 0) is 48.0 Å². The van der Waals surface area contributed by atoms with Crippen LogP contribution in [0.15, 0.2) is 146 Å². The Morgan fingerprint density at radius 2 is 1.15 bits per heavy atom. The predicted molar refractivity (Wildman–Crippen MR) is 161 cm³/mol. The third kappa shape index (κ3) is 5.92. The molecule has 40 heavy (non-hydrogen) atoms. The molecule has 0 spiro atoms. The molecule has 4 aromatic carbocycles. The van der Waals surface area contributed by atoms with Gasteiger partial charge in [0.15, 0.2) is 0 Å². The van der Waals surface area contributed by atoms with E-state index in [0.717, 1.165) is 29.0 Å². The first-order valence-electron chi connectivity index (χ1n) is 13.4. The van der Waals surface area contributed by atoms with Crippen molar-refractivity contribution in [2.24, 2.45) is 0 Å². The quantitative estimate of drug-likeness (QED) is 0.195. The Morgan fingerprint density at radius 3 is 1.73 bits per heavy atom. The summed E-state index contributed by atoms with van der Waals surface area (Å²) in [5, 5.41) is 0. The maximum absolute atomic E-state index is 6.34. The number of ether oxygens (including phenoxy) is 1. The molecule has 0 amide bonds. The van der Waals surface area contributed by atoms with Gasteiger partial charge >= 0.3 is 6.01 Å². The molecular weight excluding hydrogens is 494 g/mol. The van der Waals surface area contributed by atoms with E-state index in [4.69, 9.17) is 19.7 Å². The normalized spacial score (nSPS) is 14.1. The monoisotopic (exact) mass is 523 g/mol.